The zero-order valence-corrected chi connectivity index (χ0v) is 14.9. The van der Waals surface area contributed by atoms with Crippen molar-refractivity contribution in [2.45, 2.75) is 38.8 Å². The van der Waals surface area contributed by atoms with Crippen LogP contribution in [-0.2, 0) is 16.0 Å². The molecule has 2 aromatic heterocycles. The zero-order chi connectivity index (χ0) is 17.8. The van der Waals surface area contributed by atoms with Crippen molar-refractivity contribution < 1.29 is 13.9 Å². The molecular formula is C18H24N4O3. The molecule has 134 valence electrons. The van der Waals surface area contributed by atoms with Gasteiger partial charge in [-0.2, -0.15) is 0 Å². The minimum atomic E-state index is -0.0438. The summed E-state index contributed by atoms with van der Waals surface area (Å²) < 4.78 is 10.9. The second kappa shape index (κ2) is 7.65. The molecule has 25 heavy (non-hydrogen) atoms. The number of rotatable bonds is 6. The number of carbonyl (C=O) groups is 1. The van der Waals surface area contributed by atoms with E-state index in [9.17, 15) is 4.79 Å². The number of amides is 1. The Morgan fingerprint density at radius 2 is 2.28 bits per heavy atom. The lowest BCUT2D eigenvalue weighted by Gasteiger charge is -2.25. The second-order valence-corrected chi connectivity index (χ2v) is 6.42. The molecule has 3 heterocycles. The number of methoxy groups -OCH3 is 1. The monoisotopic (exact) mass is 344 g/mol. The van der Waals surface area contributed by atoms with Gasteiger partial charge in [-0.05, 0) is 31.9 Å². The molecule has 0 aromatic carbocycles. The number of anilines is 1. The molecule has 7 nitrogen and oxygen atoms in total. The van der Waals surface area contributed by atoms with Crippen molar-refractivity contribution >= 4 is 11.7 Å². The predicted octanol–water partition coefficient (Wildman–Crippen LogP) is 1.64. The molecule has 1 N–H and O–H groups in total. The van der Waals surface area contributed by atoms with E-state index >= 15 is 0 Å². The SMILES string of the molecule is CO[C@H]1C[C@@H](CNC(=O)Cc2occc2C)N(c2cc(C)ncn2)C1. The molecule has 0 bridgehead atoms. The Labute approximate surface area is 147 Å². The van der Waals surface area contributed by atoms with Crippen LogP contribution in [0.25, 0.3) is 0 Å². The molecule has 7 heteroatoms. The van der Waals surface area contributed by atoms with Gasteiger partial charge in [0.05, 0.1) is 24.8 Å². The van der Waals surface area contributed by atoms with Crippen LogP contribution in [0.5, 0.6) is 0 Å². The zero-order valence-electron chi connectivity index (χ0n) is 14.9. The van der Waals surface area contributed by atoms with Crippen molar-refractivity contribution in [3.05, 3.63) is 41.7 Å². The van der Waals surface area contributed by atoms with E-state index in [0.717, 1.165) is 30.0 Å². The molecule has 0 aliphatic carbocycles. The van der Waals surface area contributed by atoms with Gasteiger partial charge in [0.15, 0.2) is 0 Å². The third-order valence-corrected chi connectivity index (χ3v) is 4.62. The Kier molecular flexibility index (Phi) is 5.33. The maximum Gasteiger partial charge on any atom is 0.227 e. The van der Waals surface area contributed by atoms with Crippen molar-refractivity contribution in [3.8, 4) is 0 Å². The first-order valence-electron chi connectivity index (χ1n) is 8.44. The number of carbonyl (C=O) groups excluding carboxylic acids is 1. The molecular weight excluding hydrogens is 320 g/mol. The fourth-order valence-electron chi connectivity index (χ4n) is 3.14. The lowest BCUT2D eigenvalue weighted by molar-refractivity contribution is -0.120. The summed E-state index contributed by atoms with van der Waals surface area (Å²) in [5.41, 5.74) is 1.91. The van der Waals surface area contributed by atoms with Gasteiger partial charge in [0.1, 0.15) is 17.9 Å². The standard InChI is InChI=1S/C18H24N4O3/c1-12-4-5-25-16(12)8-18(23)19-9-14-7-15(24-3)10-22(14)17-6-13(2)20-11-21-17/h4-6,11,14-15H,7-10H2,1-3H3,(H,19,23)/t14-,15-/m0/s1. The van der Waals surface area contributed by atoms with Crippen LogP contribution >= 0.6 is 0 Å². The summed E-state index contributed by atoms with van der Waals surface area (Å²) in [5.74, 6) is 1.54. The maximum atomic E-state index is 12.2. The summed E-state index contributed by atoms with van der Waals surface area (Å²) in [6, 6.07) is 3.96. The molecule has 1 aliphatic rings. The van der Waals surface area contributed by atoms with Crippen molar-refractivity contribution in [2.24, 2.45) is 0 Å². The van der Waals surface area contributed by atoms with Gasteiger partial charge in [0.2, 0.25) is 5.91 Å². The van der Waals surface area contributed by atoms with Crippen LogP contribution < -0.4 is 10.2 Å². The first-order valence-corrected chi connectivity index (χ1v) is 8.44. The second-order valence-electron chi connectivity index (χ2n) is 6.42. The van der Waals surface area contributed by atoms with E-state index in [-0.39, 0.29) is 24.5 Å². The quantitative estimate of drug-likeness (QED) is 0.858. The summed E-state index contributed by atoms with van der Waals surface area (Å²) in [6.07, 6.45) is 4.41. The van der Waals surface area contributed by atoms with Crippen LogP contribution in [0.2, 0.25) is 0 Å². The van der Waals surface area contributed by atoms with Crippen molar-refractivity contribution in [1.82, 2.24) is 15.3 Å². The van der Waals surface area contributed by atoms with Crippen LogP contribution in [-0.4, -0.2) is 48.2 Å². The summed E-state index contributed by atoms with van der Waals surface area (Å²) in [6.45, 7) is 5.18. The number of hydrogen-bond acceptors (Lipinski definition) is 6. The molecule has 0 unspecified atom stereocenters. The van der Waals surface area contributed by atoms with Gasteiger partial charge in [0.25, 0.3) is 0 Å². The van der Waals surface area contributed by atoms with Crippen LogP contribution in [0.1, 0.15) is 23.4 Å². The molecule has 3 rings (SSSR count). The van der Waals surface area contributed by atoms with Gasteiger partial charge in [-0.25, -0.2) is 9.97 Å². The van der Waals surface area contributed by atoms with E-state index in [1.165, 1.54) is 0 Å². The van der Waals surface area contributed by atoms with Gasteiger partial charge in [-0.15, -0.1) is 0 Å². The van der Waals surface area contributed by atoms with Gasteiger partial charge in [0, 0.05) is 32.0 Å². The van der Waals surface area contributed by atoms with Gasteiger partial charge >= 0.3 is 0 Å². The highest BCUT2D eigenvalue weighted by molar-refractivity contribution is 5.78. The smallest absolute Gasteiger partial charge is 0.227 e. The molecule has 1 amide bonds. The average Bonchev–Trinajstić information content (AvgIpc) is 3.19. The summed E-state index contributed by atoms with van der Waals surface area (Å²) in [7, 11) is 1.72. The number of ether oxygens (including phenoxy) is 1. The van der Waals surface area contributed by atoms with E-state index in [1.54, 1.807) is 19.7 Å². The number of furan rings is 1. The van der Waals surface area contributed by atoms with E-state index in [0.29, 0.717) is 12.3 Å². The Balaban J connectivity index is 1.62. The lowest BCUT2D eigenvalue weighted by Crippen LogP contribution is -2.41. The molecule has 0 saturated carbocycles. The molecule has 1 aliphatic heterocycles. The normalized spacial score (nSPS) is 20.0. The van der Waals surface area contributed by atoms with Crippen molar-refractivity contribution in [1.29, 1.82) is 0 Å². The number of hydrogen-bond donors (Lipinski definition) is 1. The topological polar surface area (TPSA) is 80.5 Å². The lowest BCUT2D eigenvalue weighted by atomic mass is 10.2. The molecule has 0 spiro atoms. The summed E-state index contributed by atoms with van der Waals surface area (Å²) in [5, 5.41) is 3.01. The Hall–Kier alpha value is -2.41. The highest BCUT2D eigenvalue weighted by Gasteiger charge is 2.33. The highest BCUT2D eigenvalue weighted by Crippen LogP contribution is 2.25. The maximum absolute atomic E-state index is 12.2. The number of nitrogens with zero attached hydrogens (tertiary/aromatic N) is 3. The van der Waals surface area contributed by atoms with E-state index in [1.807, 2.05) is 26.0 Å². The van der Waals surface area contributed by atoms with Gasteiger partial charge < -0.3 is 19.4 Å². The van der Waals surface area contributed by atoms with Crippen LogP contribution in [0.3, 0.4) is 0 Å². The first kappa shape index (κ1) is 17.4. The number of aryl methyl sites for hydroxylation is 2. The van der Waals surface area contributed by atoms with E-state index < -0.39 is 0 Å². The van der Waals surface area contributed by atoms with Crippen LogP contribution in [0, 0.1) is 13.8 Å². The number of nitrogens with one attached hydrogen (secondary N) is 1. The van der Waals surface area contributed by atoms with Gasteiger partial charge in [-0.3, -0.25) is 4.79 Å². The molecule has 0 radical (unpaired) electrons. The van der Waals surface area contributed by atoms with Crippen molar-refractivity contribution in [3.63, 3.8) is 0 Å². The average molecular weight is 344 g/mol. The Bertz CT molecular complexity index is 731. The summed E-state index contributed by atoms with van der Waals surface area (Å²) >= 11 is 0. The fourth-order valence-corrected chi connectivity index (χ4v) is 3.14. The molecule has 1 fully saturated rings. The number of aromatic nitrogens is 2. The largest absolute Gasteiger partial charge is 0.469 e. The first-order chi connectivity index (χ1) is 12.1. The van der Waals surface area contributed by atoms with E-state index in [2.05, 4.69) is 20.2 Å². The molecule has 1 saturated heterocycles. The molecule has 2 atom stereocenters. The minimum absolute atomic E-state index is 0.0438. The van der Waals surface area contributed by atoms with Crippen LogP contribution in [0.15, 0.2) is 29.1 Å². The van der Waals surface area contributed by atoms with Crippen LogP contribution in [0.4, 0.5) is 5.82 Å². The van der Waals surface area contributed by atoms with E-state index in [4.69, 9.17) is 9.15 Å². The summed E-state index contributed by atoms with van der Waals surface area (Å²) in [4.78, 5) is 22.9. The fraction of sp³-hybridized carbons (Fsp3) is 0.500. The third kappa shape index (κ3) is 4.17. The predicted molar refractivity (Wildman–Crippen MR) is 93.5 cm³/mol. The molecule has 2 aromatic rings. The van der Waals surface area contributed by atoms with Crippen molar-refractivity contribution in [2.75, 3.05) is 25.1 Å². The van der Waals surface area contributed by atoms with Gasteiger partial charge in [-0.1, -0.05) is 0 Å². The Morgan fingerprint density at radius 3 is 2.96 bits per heavy atom. The minimum Gasteiger partial charge on any atom is -0.469 e. The third-order valence-electron chi connectivity index (χ3n) is 4.62. The Morgan fingerprint density at radius 1 is 1.44 bits per heavy atom. The highest BCUT2D eigenvalue weighted by atomic mass is 16.5.